The highest BCUT2D eigenvalue weighted by atomic mass is 16.1. The van der Waals surface area contributed by atoms with Crippen LogP contribution in [0.4, 0.5) is 0 Å². The van der Waals surface area contributed by atoms with Crippen molar-refractivity contribution >= 4 is 17.2 Å². The summed E-state index contributed by atoms with van der Waals surface area (Å²) < 4.78 is 2.06. The van der Waals surface area contributed by atoms with Gasteiger partial charge in [-0.3, -0.25) is 4.79 Å². The second kappa shape index (κ2) is 6.89. The Morgan fingerprint density at radius 1 is 1.00 bits per heavy atom. The molecule has 0 N–H and O–H groups in total. The van der Waals surface area contributed by atoms with E-state index in [-0.39, 0.29) is 0 Å². The molecule has 0 fully saturated rings. The van der Waals surface area contributed by atoms with E-state index < -0.39 is 0 Å². The molecule has 0 spiro atoms. The molecule has 2 heteroatoms. The maximum Gasteiger partial charge on any atom is 0.166 e. The predicted octanol–water partition coefficient (Wildman–Crippen LogP) is 4.84. The molecule has 0 saturated carbocycles. The molecule has 0 aliphatic carbocycles. The number of hydrogen-bond acceptors (Lipinski definition) is 1. The number of carbonyl (C=O) groups excluding carboxylic acids is 1. The van der Waals surface area contributed by atoms with Gasteiger partial charge in [-0.15, -0.1) is 0 Å². The van der Waals surface area contributed by atoms with Crippen LogP contribution < -0.4 is 0 Å². The molecule has 3 aromatic rings. The van der Waals surface area contributed by atoms with Crippen molar-refractivity contribution in [3.8, 4) is 0 Å². The fourth-order valence-corrected chi connectivity index (χ4v) is 2.38. The van der Waals surface area contributed by atoms with Gasteiger partial charge in [0.25, 0.3) is 0 Å². The van der Waals surface area contributed by atoms with Gasteiger partial charge in [0.15, 0.2) is 6.29 Å². The van der Waals surface area contributed by atoms with Crippen molar-refractivity contribution in [2.24, 2.45) is 0 Å². The van der Waals surface area contributed by atoms with Crippen molar-refractivity contribution in [2.45, 2.75) is 27.3 Å². The van der Waals surface area contributed by atoms with Crippen LogP contribution in [-0.4, -0.2) is 10.9 Å². The van der Waals surface area contributed by atoms with E-state index in [2.05, 4.69) is 41.8 Å². The van der Waals surface area contributed by atoms with Crippen LogP contribution in [0.3, 0.4) is 0 Å². The zero-order valence-corrected chi connectivity index (χ0v) is 12.8. The van der Waals surface area contributed by atoms with Crippen LogP contribution in [0.15, 0.2) is 54.6 Å². The van der Waals surface area contributed by atoms with E-state index in [0.29, 0.717) is 0 Å². The lowest BCUT2D eigenvalue weighted by Crippen LogP contribution is -2.03. The number of benzene rings is 2. The highest BCUT2D eigenvalue weighted by Gasteiger charge is 2.07. The van der Waals surface area contributed by atoms with Crippen molar-refractivity contribution in [1.82, 2.24) is 4.57 Å². The lowest BCUT2D eigenvalue weighted by molar-refractivity contribution is 0.111. The predicted molar refractivity (Wildman–Crippen MR) is 89.0 cm³/mol. The molecule has 0 atom stereocenters. The highest BCUT2D eigenvalue weighted by molar-refractivity contribution is 5.89. The summed E-state index contributed by atoms with van der Waals surface area (Å²) in [6.07, 6.45) is 0.925. The Labute approximate surface area is 126 Å². The smallest absolute Gasteiger partial charge is 0.166 e. The Hall–Kier alpha value is -2.35. The first-order valence-corrected chi connectivity index (χ1v) is 7.37. The largest absolute Gasteiger partial charge is 0.334 e. The zero-order chi connectivity index (χ0) is 15.2. The lowest BCUT2D eigenvalue weighted by Gasteiger charge is -2.08. The summed E-state index contributed by atoms with van der Waals surface area (Å²) in [6, 6.07) is 18.4. The number of carbonyl (C=O) groups is 1. The van der Waals surface area contributed by atoms with Crippen LogP contribution in [0.25, 0.3) is 10.9 Å². The standard InChI is InChI=1S/C17H15NO.C2H6/c1-13-6-8-14(9-7-13)11-18-16(12-19)10-15-4-2-3-5-17(15)18;1-2/h2-10,12H,11H2,1H3;1-2H3. The number of aromatic nitrogens is 1. The summed E-state index contributed by atoms with van der Waals surface area (Å²) in [4.78, 5) is 11.2. The summed E-state index contributed by atoms with van der Waals surface area (Å²) in [6.45, 7) is 6.80. The number of para-hydroxylation sites is 1. The number of fused-ring (bicyclic) bond motifs is 1. The molecule has 0 unspecified atom stereocenters. The Kier molecular flexibility index (Phi) is 4.94. The quantitative estimate of drug-likeness (QED) is 0.629. The summed E-state index contributed by atoms with van der Waals surface area (Å²) in [7, 11) is 0. The van der Waals surface area contributed by atoms with Crippen LogP contribution >= 0.6 is 0 Å². The molecule has 0 saturated heterocycles. The molecular weight excluding hydrogens is 258 g/mol. The topological polar surface area (TPSA) is 22.0 Å². The molecule has 0 amide bonds. The normalized spacial score (nSPS) is 10.0. The second-order valence-electron chi connectivity index (χ2n) is 4.82. The van der Waals surface area contributed by atoms with Crippen LogP contribution in [0.2, 0.25) is 0 Å². The molecule has 3 rings (SSSR count). The molecule has 0 radical (unpaired) electrons. The van der Waals surface area contributed by atoms with Gasteiger partial charge in [0, 0.05) is 17.4 Å². The summed E-state index contributed by atoms with van der Waals surface area (Å²) in [5.41, 5.74) is 4.28. The van der Waals surface area contributed by atoms with Gasteiger partial charge in [-0.05, 0) is 24.6 Å². The lowest BCUT2D eigenvalue weighted by atomic mass is 10.1. The molecule has 21 heavy (non-hydrogen) atoms. The van der Waals surface area contributed by atoms with Gasteiger partial charge in [-0.2, -0.15) is 0 Å². The van der Waals surface area contributed by atoms with E-state index in [4.69, 9.17) is 0 Å². The fraction of sp³-hybridized carbons (Fsp3) is 0.211. The van der Waals surface area contributed by atoms with Gasteiger partial charge in [-0.1, -0.05) is 61.9 Å². The molecule has 2 nitrogen and oxygen atoms in total. The number of nitrogens with zero attached hydrogens (tertiary/aromatic N) is 1. The Balaban J connectivity index is 0.000000774. The van der Waals surface area contributed by atoms with E-state index in [0.717, 1.165) is 29.4 Å². The molecule has 0 aliphatic heterocycles. The number of hydrogen-bond donors (Lipinski definition) is 0. The molecular formula is C19H21NO. The van der Waals surface area contributed by atoms with Crippen LogP contribution in [0.5, 0.6) is 0 Å². The maximum atomic E-state index is 11.2. The first kappa shape index (κ1) is 15.0. The fourth-order valence-electron chi connectivity index (χ4n) is 2.38. The minimum Gasteiger partial charge on any atom is -0.334 e. The maximum absolute atomic E-state index is 11.2. The number of rotatable bonds is 3. The van der Waals surface area contributed by atoms with Gasteiger partial charge in [0.1, 0.15) is 0 Å². The minimum absolute atomic E-state index is 0.724. The Morgan fingerprint density at radius 2 is 1.67 bits per heavy atom. The third-order valence-corrected chi connectivity index (χ3v) is 3.42. The van der Waals surface area contributed by atoms with Gasteiger partial charge in [-0.25, -0.2) is 0 Å². The first-order chi connectivity index (χ1) is 10.3. The third kappa shape index (κ3) is 3.22. The van der Waals surface area contributed by atoms with Crippen LogP contribution in [0, 0.1) is 6.92 Å². The monoisotopic (exact) mass is 279 g/mol. The van der Waals surface area contributed by atoms with Crippen molar-refractivity contribution in [1.29, 1.82) is 0 Å². The van der Waals surface area contributed by atoms with Gasteiger partial charge in [0.2, 0.25) is 0 Å². The summed E-state index contributed by atoms with van der Waals surface area (Å²) >= 11 is 0. The molecule has 2 aromatic carbocycles. The van der Waals surface area contributed by atoms with Crippen LogP contribution in [-0.2, 0) is 6.54 Å². The van der Waals surface area contributed by atoms with Crippen molar-refractivity contribution in [3.05, 3.63) is 71.4 Å². The molecule has 108 valence electrons. The molecule has 0 bridgehead atoms. The van der Waals surface area contributed by atoms with E-state index >= 15 is 0 Å². The summed E-state index contributed by atoms with van der Waals surface area (Å²) in [5.74, 6) is 0. The average molecular weight is 279 g/mol. The Bertz CT molecular complexity index is 723. The third-order valence-electron chi connectivity index (χ3n) is 3.42. The number of aldehydes is 1. The minimum atomic E-state index is 0.724. The summed E-state index contributed by atoms with van der Waals surface area (Å²) in [5, 5.41) is 1.11. The number of aryl methyl sites for hydroxylation is 1. The van der Waals surface area contributed by atoms with E-state index in [1.54, 1.807) is 0 Å². The van der Waals surface area contributed by atoms with E-state index in [1.807, 2.05) is 38.1 Å². The van der Waals surface area contributed by atoms with Crippen molar-refractivity contribution < 1.29 is 4.79 Å². The van der Waals surface area contributed by atoms with E-state index in [1.165, 1.54) is 11.1 Å². The molecule has 1 aromatic heterocycles. The molecule has 1 heterocycles. The average Bonchev–Trinajstić information content (AvgIpc) is 2.89. The van der Waals surface area contributed by atoms with Gasteiger partial charge in [0.05, 0.1) is 5.69 Å². The van der Waals surface area contributed by atoms with Crippen LogP contribution in [0.1, 0.15) is 35.5 Å². The Morgan fingerprint density at radius 3 is 2.33 bits per heavy atom. The molecule has 0 aliphatic rings. The van der Waals surface area contributed by atoms with Gasteiger partial charge >= 0.3 is 0 Å². The second-order valence-corrected chi connectivity index (χ2v) is 4.82. The SMILES string of the molecule is CC.Cc1ccc(Cn2c(C=O)cc3ccccc32)cc1. The van der Waals surface area contributed by atoms with E-state index in [9.17, 15) is 4.79 Å². The zero-order valence-electron chi connectivity index (χ0n) is 12.8. The van der Waals surface area contributed by atoms with Crippen molar-refractivity contribution in [2.75, 3.05) is 0 Å². The van der Waals surface area contributed by atoms with Gasteiger partial charge < -0.3 is 4.57 Å². The van der Waals surface area contributed by atoms with Crippen molar-refractivity contribution in [3.63, 3.8) is 0 Å². The highest BCUT2D eigenvalue weighted by Crippen LogP contribution is 2.20. The first-order valence-electron chi connectivity index (χ1n) is 7.37.